The molecule has 1 aromatic carbocycles. The van der Waals surface area contributed by atoms with Crippen LogP contribution in [0, 0.1) is 23.2 Å². The van der Waals surface area contributed by atoms with Crippen LogP contribution in [0.15, 0.2) is 45.2 Å². The molecule has 0 N–H and O–H groups in total. The van der Waals surface area contributed by atoms with E-state index in [-0.39, 0.29) is 6.61 Å². The number of piperidine rings is 1. The van der Waals surface area contributed by atoms with Crippen molar-refractivity contribution in [3.8, 4) is 29.2 Å². The molecule has 0 bridgehead atoms. The predicted octanol–water partition coefficient (Wildman–Crippen LogP) is 4.88. The lowest BCUT2D eigenvalue weighted by Crippen LogP contribution is -2.38. The van der Waals surface area contributed by atoms with Crippen molar-refractivity contribution in [1.29, 1.82) is 5.26 Å². The van der Waals surface area contributed by atoms with Crippen molar-refractivity contribution in [3.63, 3.8) is 0 Å². The number of methoxy groups -OCH3 is 1. The van der Waals surface area contributed by atoms with E-state index in [0.29, 0.717) is 46.6 Å². The van der Waals surface area contributed by atoms with Crippen LogP contribution in [0.1, 0.15) is 31.7 Å². The van der Waals surface area contributed by atoms with Crippen LogP contribution in [0.4, 0.5) is 5.88 Å². The van der Waals surface area contributed by atoms with Crippen molar-refractivity contribution in [3.05, 3.63) is 47.9 Å². The number of nitrogens with zero attached hydrogens (tertiary/aromatic N) is 3. The Kier molecular flexibility index (Phi) is 5.66. The van der Waals surface area contributed by atoms with Gasteiger partial charge < -0.3 is 23.2 Å². The second-order valence-electron chi connectivity index (χ2n) is 7.87. The van der Waals surface area contributed by atoms with Crippen molar-refractivity contribution in [2.24, 2.45) is 11.8 Å². The number of furan rings is 1. The monoisotopic (exact) mass is 407 g/mol. The third kappa shape index (κ3) is 4.28. The number of ether oxygens (including phenoxy) is 2. The van der Waals surface area contributed by atoms with Gasteiger partial charge in [0, 0.05) is 13.1 Å². The van der Waals surface area contributed by atoms with Gasteiger partial charge in [-0.2, -0.15) is 10.2 Å². The summed E-state index contributed by atoms with van der Waals surface area (Å²) in [6.07, 6.45) is 1.18. The first-order valence-electron chi connectivity index (χ1n) is 10.1. The van der Waals surface area contributed by atoms with Gasteiger partial charge in [0.25, 0.3) is 5.89 Å². The van der Waals surface area contributed by atoms with Gasteiger partial charge in [-0.3, -0.25) is 0 Å². The number of rotatable bonds is 6. The van der Waals surface area contributed by atoms with E-state index in [4.69, 9.17) is 18.3 Å². The molecule has 0 unspecified atom stereocenters. The highest BCUT2D eigenvalue weighted by Crippen LogP contribution is 2.33. The SMILES string of the molecule is COc1ccc(OCc2ccc(-c3nc(C#N)c(N4C[C@@H](C)C[C@H](C)C4)o3)o2)cc1. The third-order valence-electron chi connectivity index (χ3n) is 5.18. The van der Waals surface area contributed by atoms with Crippen LogP contribution in [0.3, 0.4) is 0 Å². The molecule has 30 heavy (non-hydrogen) atoms. The summed E-state index contributed by atoms with van der Waals surface area (Å²) in [5.74, 6) is 4.52. The fraction of sp³-hybridized carbons (Fsp3) is 0.391. The fourth-order valence-corrected chi connectivity index (χ4v) is 3.93. The molecule has 7 nitrogen and oxygen atoms in total. The number of hydrogen-bond donors (Lipinski definition) is 0. The molecular formula is C23H25N3O4. The minimum absolute atomic E-state index is 0.270. The molecule has 0 amide bonds. The summed E-state index contributed by atoms with van der Waals surface area (Å²) in [6.45, 7) is 6.41. The molecule has 7 heteroatoms. The zero-order valence-corrected chi connectivity index (χ0v) is 17.4. The maximum Gasteiger partial charge on any atom is 0.266 e. The minimum atomic E-state index is 0.270. The Labute approximate surface area is 175 Å². The van der Waals surface area contributed by atoms with Crippen molar-refractivity contribution in [1.82, 2.24) is 4.98 Å². The summed E-state index contributed by atoms with van der Waals surface area (Å²) in [6, 6.07) is 13.1. The largest absolute Gasteiger partial charge is 0.497 e. The zero-order valence-electron chi connectivity index (χ0n) is 17.4. The fourth-order valence-electron chi connectivity index (χ4n) is 3.93. The molecule has 0 saturated carbocycles. The Morgan fingerprint density at radius 1 is 1.07 bits per heavy atom. The highest BCUT2D eigenvalue weighted by Gasteiger charge is 2.28. The molecule has 3 aromatic rings. The van der Waals surface area contributed by atoms with E-state index in [1.54, 1.807) is 13.2 Å². The third-order valence-corrected chi connectivity index (χ3v) is 5.18. The molecule has 0 aliphatic carbocycles. The van der Waals surface area contributed by atoms with E-state index in [9.17, 15) is 5.26 Å². The van der Waals surface area contributed by atoms with Crippen molar-refractivity contribution >= 4 is 5.88 Å². The van der Waals surface area contributed by atoms with Gasteiger partial charge in [0.05, 0.1) is 7.11 Å². The van der Waals surface area contributed by atoms with E-state index in [1.165, 1.54) is 6.42 Å². The molecule has 4 rings (SSSR count). The lowest BCUT2D eigenvalue weighted by atomic mass is 9.92. The average molecular weight is 407 g/mol. The molecule has 2 atom stereocenters. The van der Waals surface area contributed by atoms with Gasteiger partial charge in [0.1, 0.15) is 29.9 Å². The zero-order chi connectivity index (χ0) is 21.1. The topological polar surface area (TPSA) is 84.7 Å². The summed E-state index contributed by atoms with van der Waals surface area (Å²) in [5.41, 5.74) is 0.290. The van der Waals surface area contributed by atoms with Crippen LogP contribution < -0.4 is 14.4 Å². The first-order chi connectivity index (χ1) is 14.6. The maximum absolute atomic E-state index is 9.54. The Morgan fingerprint density at radius 2 is 1.77 bits per heavy atom. The average Bonchev–Trinajstić information content (AvgIpc) is 3.39. The molecule has 1 aliphatic heterocycles. The molecule has 156 valence electrons. The quantitative estimate of drug-likeness (QED) is 0.576. The van der Waals surface area contributed by atoms with Crippen molar-refractivity contribution < 1.29 is 18.3 Å². The van der Waals surface area contributed by atoms with Gasteiger partial charge >= 0.3 is 0 Å². The minimum Gasteiger partial charge on any atom is -0.497 e. The van der Waals surface area contributed by atoms with Crippen LogP contribution in [-0.4, -0.2) is 25.2 Å². The molecular weight excluding hydrogens is 382 g/mol. The number of aromatic nitrogens is 1. The number of hydrogen-bond acceptors (Lipinski definition) is 7. The molecule has 1 saturated heterocycles. The van der Waals surface area contributed by atoms with E-state index in [2.05, 4.69) is 29.8 Å². The summed E-state index contributed by atoms with van der Waals surface area (Å²) in [4.78, 5) is 6.47. The second-order valence-corrected chi connectivity index (χ2v) is 7.87. The standard InChI is InChI=1S/C23H25N3O4/c1-15-10-16(2)13-26(12-15)23-20(11-24)25-22(30-23)21-9-8-19(29-21)14-28-18-6-4-17(27-3)5-7-18/h4-9,15-16H,10,12-14H2,1-3H3/t15-,16-/m0/s1. The summed E-state index contributed by atoms with van der Waals surface area (Å²) in [5, 5.41) is 9.54. The van der Waals surface area contributed by atoms with Crippen LogP contribution in [0.5, 0.6) is 11.5 Å². The van der Waals surface area contributed by atoms with Gasteiger partial charge in [-0.15, -0.1) is 0 Å². The van der Waals surface area contributed by atoms with Gasteiger partial charge in [0.15, 0.2) is 5.76 Å². The van der Waals surface area contributed by atoms with Gasteiger partial charge in [-0.05, 0) is 54.7 Å². The van der Waals surface area contributed by atoms with Crippen LogP contribution in [-0.2, 0) is 6.61 Å². The van der Waals surface area contributed by atoms with Crippen LogP contribution in [0.25, 0.3) is 11.7 Å². The van der Waals surface area contributed by atoms with E-state index in [1.807, 2.05) is 30.3 Å². The molecule has 0 radical (unpaired) electrons. The predicted molar refractivity (Wildman–Crippen MR) is 111 cm³/mol. The Balaban J connectivity index is 1.47. The summed E-state index contributed by atoms with van der Waals surface area (Å²) in [7, 11) is 1.62. The first kappa shape index (κ1) is 19.9. The van der Waals surface area contributed by atoms with E-state index >= 15 is 0 Å². The molecule has 2 aromatic heterocycles. The van der Waals surface area contributed by atoms with Crippen molar-refractivity contribution in [2.75, 3.05) is 25.1 Å². The molecule has 1 aliphatic rings. The van der Waals surface area contributed by atoms with Gasteiger partial charge in [-0.25, -0.2) is 0 Å². The maximum atomic E-state index is 9.54. The summed E-state index contributed by atoms with van der Waals surface area (Å²) < 4.78 is 22.7. The Hall–Kier alpha value is -3.40. The normalized spacial score (nSPS) is 18.8. The Bertz CT molecular complexity index is 1020. The Morgan fingerprint density at radius 3 is 2.43 bits per heavy atom. The molecule has 3 heterocycles. The molecule has 1 fully saturated rings. The number of benzene rings is 1. The smallest absolute Gasteiger partial charge is 0.266 e. The number of anilines is 1. The van der Waals surface area contributed by atoms with Gasteiger partial charge in [-0.1, -0.05) is 13.8 Å². The first-order valence-corrected chi connectivity index (χ1v) is 10.1. The highest BCUT2D eigenvalue weighted by molar-refractivity contribution is 5.56. The van der Waals surface area contributed by atoms with E-state index < -0.39 is 0 Å². The second kappa shape index (κ2) is 8.54. The highest BCUT2D eigenvalue weighted by atomic mass is 16.5. The van der Waals surface area contributed by atoms with Crippen LogP contribution in [0.2, 0.25) is 0 Å². The van der Waals surface area contributed by atoms with E-state index in [0.717, 1.165) is 18.8 Å². The number of nitriles is 1. The summed E-state index contributed by atoms with van der Waals surface area (Å²) >= 11 is 0. The lowest BCUT2D eigenvalue weighted by molar-refractivity contribution is 0.270. The lowest BCUT2D eigenvalue weighted by Gasteiger charge is -2.34. The van der Waals surface area contributed by atoms with Crippen LogP contribution >= 0.6 is 0 Å². The molecule has 0 spiro atoms. The van der Waals surface area contributed by atoms with Crippen molar-refractivity contribution in [2.45, 2.75) is 26.9 Å². The van der Waals surface area contributed by atoms with Gasteiger partial charge in [0.2, 0.25) is 11.6 Å². The number of oxazole rings is 1.